The molecule has 3 rings (SSSR count). The van der Waals surface area contributed by atoms with Crippen molar-refractivity contribution in [3.05, 3.63) is 52.8 Å². The van der Waals surface area contributed by atoms with Crippen molar-refractivity contribution in [1.82, 2.24) is 25.3 Å². The molecule has 0 radical (unpaired) electrons. The zero-order chi connectivity index (χ0) is 21.5. The summed E-state index contributed by atoms with van der Waals surface area (Å²) in [6.45, 7) is 13.3. The molecule has 2 heterocycles. The van der Waals surface area contributed by atoms with E-state index < -0.39 is 0 Å². The van der Waals surface area contributed by atoms with Gasteiger partial charge in [-0.2, -0.15) is 5.10 Å². The number of piperidine rings is 1. The highest BCUT2D eigenvalue weighted by Gasteiger charge is 2.24. The molecular weight excluding hydrogens is 372 g/mol. The van der Waals surface area contributed by atoms with Gasteiger partial charge >= 0.3 is 0 Å². The Morgan fingerprint density at radius 1 is 1.17 bits per heavy atom. The molecule has 2 aromatic rings. The van der Waals surface area contributed by atoms with E-state index >= 15 is 0 Å². The first-order valence-corrected chi connectivity index (χ1v) is 11.3. The van der Waals surface area contributed by atoms with Crippen molar-refractivity contribution in [2.75, 3.05) is 26.2 Å². The largest absolute Gasteiger partial charge is 0.357 e. The third kappa shape index (κ3) is 5.63. The lowest BCUT2D eigenvalue weighted by atomic mass is 9.95. The Bertz CT molecular complexity index is 818. The lowest BCUT2D eigenvalue weighted by Crippen LogP contribution is -2.45. The minimum Gasteiger partial charge on any atom is -0.357 e. The van der Waals surface area contributed by atoms with Crippen molar-refractivity contribution in [3.8, 4) is 0 Å². The summed E-state index contributed by atoms with van der Waals surface area (Å²) in [4.78, 5) is 7.49. The van der Waals surface area contributed by atoms with Crippen LogP contribution in [-0.2, 0) is 13.6 Å². The molecule has 30 heavy (non-hydrogen) atoms. The number of rotatable bonds is 7. The first kappa shape index (κ1) is 22.3. The number of likely N-dealkylation sites (tertiary alicyclic amines) is 1. The Kier molecular flexibility index (Phi) is 7.91. The minimum atomic E-state index is 0.351. The standard InChI is InChI=1S/C24H38N6/c1-6-25-24(26-16-22-19(3)28-29(5)20(22)4)27-17-23(21-10-8-7-9-11-21)30-14-12-18(2)13-15-30/h7-11,18,23H,6,12-17H2,1-5H3,(H2,25,26,27). The zero-order valence-electron chi connectivity index (χ0n) is 19.3. The third-order valence-corrected chi connectivity index (χ3v) is 6.30. The summed E-state index contributed by atoms with van der Waals surface area (Å²) in [5.74, 6) is 1.70. The number of aryl methyl sites for hydroxylation is 2. The van der Waals surface area contributed by atoms with Crippen LogP contribution in [0.25, 0.3) is 0 Å². The van der Waals surface area contributed by atoms with Crippen LogP contribution in [-0.4, -0.2) is 46.8 Å². The van der Waals surface area contributed by atoms with Crippen LogP contribution in [0.1, 0.15) is 55.2 Å². The van der Waals surface area contributed by atoms with E-state index in [2.05, 4.69) is 78.7 Å². The smallest absolute Gasteiger partial charge is 0.191 e. The maximum absolute atomic E-state index is 4.86. The van der Waals surface area contributed by atoms with Gasteiger partial charge in [0.2, 0.25) is 0 Å². The second-order valence-corrected chi connectivity index (χ2v) is 8.49. The topological polar surface area (TPSA) is 57.5 Å². The van der Waals surface area contributed by atoms with E-state index in [1.54, 1.807) is 0 Å². The molecule has 1 aliphatic rings. The average molecular weight is 411 g/mol. The molecule has 6 heteroatoms. The summed E-state index contributed by atoms with van der Waals surface area (Å²) in [5, 5.41) is 11.5. The fraction of sp³-hybridized carbons (Fsp3) is 0.583. The molecule has 1 fully saturated rings. The molecule has 0 amide bonds. The quantitative estimate of drug-likeness (QED) is 0.541. The van der Waals surface area contributed by atoms with Crippen LogP contribution in [0.5, 0.6) is 0 Å². The maximum atomic E-state index is 4.86. The Labute approximate surface area is 181 Å². The van der Waals surface area contributed by atoms with Crippen LogP contribution in [0.2, 0.25) is 0 Å². The molecule has 164 valence electrons. The third-order valence-electron chi connectivity index (χ3n) is 6.30. The van der Waals surface area contributed by atoms with Gasteiger partial charge in [0.25, 0.3) is 0 Å². The zero-order valence-corrected chi connectivity index (χ0v) is 19.3. The number of nitrogens with zero attached hydrogens (tertiary/aromatic N) is 4. The van der Waals surface area contributed by atoms with Gasteiger partial charge in [-0.3, -0.25) is 9.58 Å². The summed E-state index contributed by atoms with van der Waals surface area (Å²) in [5.41, 5.74) is 4.81. The Morgan fingerprint density at radius 3 is 2.47 bits per heavy atom. The molecule has 0 saturated carbocycles. The van der Waals surface area contributed by atoms with E-state index in [0.717, 1.165) is 43.8 Å². The van der Waals surface area contributed by atoms with Crippen LogP contribution in [0.3, 0.4) is 0 Å². The van der Waals surface area contributed by atoms with Crippen molar-refractivity contribution in [2.24, 2.45) is 18.0 Å². The molecular formula is C24H38N6. The highest BCUT2D eigenvalue weighted by Crippen LogP contribution is 2.26. The highest BCUT2D eigenvalue weighted by molar-refractivity contribution is 5.79. The van der Waals surface area contributed by atoms with Crippen LogP contribution in [0, 0.1) is 19.8 Å². The number of guanidine groups is 1. The highest BCUT2D eigenvalue weighted by atomic mass is 15.3. The van der Waals surface area contributed by atoms with Crippen molar-refractivity contribution >= 4 is 5.96 Å². The number of aromatic nitrogens is 2. The van der Waals surface area contributed by atoms with E-state index in [0.29, 0.717) is 12.6 Å². The first-order chi connectivity index (χ1) is 14.5. The minimum absolute atomic E-state index is 0.351. The van der Waals surface area contributed by atoms with E-state index in [1.165, 1.54) is 29.7 Å². The van der Waals surface area contributed by atoms with Gasteiger partial charge in [-0.1, -0.05) is 37.3 Å². The van der Waals surface area contributed by atoms with Gasteiger partial charge in [0, 0.05) is 31.4 Å². The lowest BCUT2D eigenvalue weighted by molar-refractivity contribution is 0.138. The monoisotopic (exact) mass is 410 g/mol. The molecule has 1 saturated heterocycles. The van der Waals surface area contributed by atoms with Crippen LogP contribution >= 0.6 is 0 Å². The van der Waals surface area contributed by atoms with Crippen LogP contribution < -0.4 is 10.6 Å². The van der Waals surface area contributed by atoms with Crippen molar-refractivity contribution in [3.63, 3.8) is 0 Å². The average Bonchev–Trinajstić information content (AvgIpc) is 2.99. The SMILES string of the molecule is CCNC(=NCc1c(C)nn(C)c1C)NCC(c1ccccc1)N1CCC(C)CC1. The van der Waals surface area contributed by atoms with Crippen LogP contribution in [0.4, 0.5) is 0 Å². The van der Waals surface area contributed by atoms with Crippen molar-refractivity contribution in [1.29, 1.82) is 0 Å². The normalized spacial score (nSPS) is 17.2. The summed E-state index contributed by atoms with van der Waals surface area (Å²) >= 11 is 0. The molecule has 2 N–H and O–H groups in total. The van der Waals surface area contributed by atoms with E-state index in [4.69, 9.17) is 4.99 Å². The molecule has 1 aliphatic heterocycles. The van der Waals surface area contributed by atoms with Crippen molar-refractivity contribution in [2.45, 2.75) is 53.1 Å². The summed E-state index contributed by atoms with van der Waals surface area (Å²) in [6, 6.07) is 11.2. The van der Waals surface area contributed by atoms with Crippen molar-refractivity contribution < 1.29 is 0 Å². The van der Waals surface area contributed by atoms with Crippen LogP contribution in [0.15, 0.2) is 35.3 Å². The summed E-state index contributed by atoms with van der Waals surface area (Å²) < 4.78 is 1.93. The second kappa shape index (κ2) is 10.6. The molecule has 0 bridgehead atoms. The predicted molar refractivity (Wildman–Crippen MR) is 125 cm³/mol. The maximum Gasteiger partial charge on any atom is 0.191 e. The summed E-state index contributed by atoms with van der Waals surface area (Å²) in [6.07, 6.45) is 2.55. The van der Waals surface area contributed by atoms with E-state index in [1.807, 2.05) is 11.7 Å². The number of nitrogens with one attached hydrogen (secondary N) is 2. The molecule has 6 nitrogen and oxygen atoms in total. The predicted octanol–water partition coefficient (Wildman–Crippen LogP) is 3.57. The van der Waals surface area contributed by atoms with Gasteiger partial charge in [0.05, 0.1) is 18.3 Å². The summed E-state index contributed by atoms with van der Waals surface area (Å²) in [7, 11) is 1.99. The number of hydrogen-bond donors (Lipinski definition) is 2. The Morgan fingerprint density at radius 2 is 1.87 bits per heavy atom. The lowest BCUT2D eigenvalue weighted by Gasteiger charge is -2.37. The fourth-order valence-corrected chi connectivity index (χ4v) is 4.21. The molecule has 0 spiro atoms. The first-order valence-electron chi connectivity index (χ1n) is 11.3. The van der Waals surface area contributed by atoms with Gasteiger partial charge < -0.3 is 10.6 Å². The van der Waals surface area contributed by atoms with E-state index in [-0.39, 0.29) is 0 Å². The molecule has 1 aromatic heterocycles. The molecule has 1 unspecified atom stereocenters. The Hall–Kier alpha value is -2.34. The molecule has 1 aromatic carbocycles. The number of hydrogen-bond acceptors (Lipinski definition) is 3. The molecule has 1 atom stereocenters. The van der Waals surface area contributed by atoms with Gasteiger partial charge in [0.15, 0.2) is 5.96 Å². The Balaban J connectivity index is 1.72. The van der Waals surface area contributed by atoms with Gasteiger partial charge in [-0.15, -0.1) is 0 Å². The molecule has 0 aliphatic carbocycles. The van der Waals surface area contributed by atoms with Gasteiger partial charge in [-0.05, 0) is 58.2 Å². The van der Waals surface area contributed by atoms with Gasteiger partial charge in [0.1, 0.15) is 0 Å². The van der Waals surface area contributed by atoms with Gasteiger partial charge in [-0.25, -0.2) is 4.99 Å². The second-order valence-electron chi connectivity index (χ2n) is 8.49. The fourth-order valence-electron chi connectivity index (χ4n) is 4.21. The number of benzene rings is 1. The van der Waals surface area contributed by atoms with E-state index in [9.17, 15) is 0 Å². The number of aliphatic imine (C=N–C) groups is 1.